The molecule has 2 fully saturated rings. The fourth-order valence-electron chi connectivity index (χ4n) is 2.94. The van der Waals surface area contributed by atoms with Gasteiger partial charge in [-0.2, -0.15) is 0 Å². The van der Waals surface area contributed by atoms with Crippen LogP contribution < -0.4 is 5.32 Å². The third-order valence-corrected chi connectivity index (χ3v) is 4.28. The van der Waals surface area contributed by atoms with Gasteiger partial charge in [0.1, 0.15) is 0 Å². The molecule has 1 saturated heterocycles. The van der Waals surface area contributed by atoms with Crippen LogP contribution in [0.4, 0.5) is 0 Å². The van der Waals surface area contributed by atoms with Crippen LogP contribution >= 0.6 is 24.0 Å². The molecule has 0 aromatic heterocycles. The molecule has 6 heteroatoms. The van der Waals surface area contributed by atoms with Crippen LogP contribution in [0.15, 0.2) is 4.99 Å². The first-order valence-electron chi connectivity index (χ1n) is 7.98. The van der Waals surface area contributed by atoms with E-state index in [1.54, 1.807) is 0 Å². The van der Waals surface area contributed by atoms with Crippen molar-refractivity contribution in [1.82, 2.24) is 15.1 Å². The predicted octanol–water partition coefficient (Wildman–Crippen LogP) is 1.63. The van der Waals surface area contributed by atoms with Gasteiger partial charge >= 0.3 is 0 Å². The van der Waals surface area contributed by atoms with E-state index in [4.69, 9.17) is 4.74 Å². The standard InChI is InChI=1S/C15H30N4O.HI/c1-4-19(14-5-6-14)9-8-17-15(16-2)18(3)11-13-7-10-20-12-13;/h13-14H,4-12H2,1-3H3,(H,16,17);1H. The van der Waals surface area contributed by atoms with E-state index in [-0.39, 0.29) is 24.0 Å². The molecule has 0 aromatic rings. The van der Waals surface area contributed by atoms with Crippen LogP contribution in [0.1, 0.15) is 26.2 Å². The van der Waals surface area contributed by atoms with Crippen molar-refractivity contribution in [2.24, 2.45) is 10.9 Å². The smallest absolute Gasteiger partial charge is 0.193 e. The Morgan fingerprint density at radius 3 is 2.62 bits per heavy atom. The molecule has 124 valence electrons. The van der Waals surface area contributed by atoms with E-state index in [2.05, 4.69) is 34.1 Å². The summed E-state index contributed by atoms with van der Waals surface area (Å²) in [5.74, 6) is 1.65. The minimum Gasteiger partial charge on any atom is -0.381 e. The van der Waals surface area contributed by atoms with Crippen LogP contribution in [0, 0.1) is 5.92 Å². The first-order chi connectivity index (χ1) is 9.74. The number of likely N-dealkylation sites (N-methyl/N-ethyl adjacent to an activating group) is 1. The van der Waals surface area contributed by atoms with E-state index >= 15 is 0 Å². The highest BCUT2D eigenvalue weighted by Gasteiger charge is 2.27. The van der Waals surface area contributed by atoms with Gasteiger partial charge in [0, 0.05) is 52.3 Å². The normalized spacial score (nSPS) is 22.3. The maximum absolute atomic E-state index is 5.44. The molecule has 1 heterocycles. The molecule has 1 aliphatic carbocycles. The number of hydrogen-bond acceptors (Lipinski definition) is 3. The lowest BCUT2D eigenvalue weighted by atomic mass is 10.1. The van der Waals surface area contributed by atoms with Gasteiger partial charge in [0.25, 0.3) is 0 Å². The SMILES string of the molecule is CCN(CCNC(=NC)N(C)CC1CCOC1)C1CC1.I. The summed E-state index contributed by atoms with van der Waals surface area (Å²) in [6, 6.07) is 0.845. The maximum atomic E-state index is 5.44. The fraction of sp³-hybridized carbons (Fsp3) is 0.933. The minimum atomic E-state index is 0. The quantitative estimate of drug-likeness (QED) is 0.394. The first kappa shape index (κ1) is 19.0. The molecule has 5 nitrogen and oxygen atoms in total. The number of hydrogen-bond donors (Lipinski definition) is 1. The van der Waals surface area contributed by atoms with Crippen molar-refractivity contribution < 1.29 is 4.74 Å². The second kappa shape index (κ2) is 9.84. The largest absolute Gasteiger partial charge is 0.381 e. The van der Waals surface area contributed by atoms with Gasteiger partial charge in [-0.25, -0.2) is 0 Å². The zero-order valence-corrected chi connectivity index (χ0v) is 16.0. The van der Waals surface area contributed by atoms with E-state index in [1.165, 1.54) is 19.3 Å². The summed E-state index contributed by atoms with van der Waals surface area (Å²) < 4.78 is 5.44. The number of nitrogens with zero attached hydrogens (tertiary/aromatic N) is 3. The van der Waals surface area contributed by atoms with Crippen LogP contribution in [-0.4, -0.2) is 75.3 Å². The Balaban J connectivity index is 0.00000220. The second-order valence-corrected chi connectivity index (χ2v) is 5.94. The summed E-state index contributed by atoms with van der Waals surface area (Å²) >= 11 is 0. The highest BCUT2D eigenvalue weighted by atomic mass is 127. The van der Waals surface area contributed by atoms with E-state index < -0.39 is 0 Å². The molecule has 1 N–H and O–H groups in total. The number of nitrogens with one attached hydrogen (secondary N) is 1. The maximum Gasteiger partial charge on any atom is 0.193 e. The van der Waals surface area contributed by atoms with Crippen molar-refractivity contribution >= 4 is 29.9 Å². The van der Waals surface area contributed by atoms with Crippen LogP contribution in [-0.2, 0) is 4.74 Å². The summed E-state index contributed by atoms with van der Waals surface area (Å²) in [5, 5.41) is 3.48. The fourth-order valence-corrected chi connectivity index (χ4v) is 2.94. The average molecular weight is 410 g/mol. The number of aliphatic imine (C=N–C) groups is 1. The summed E-state index contributed by atoms with van der Waals surface area (Å²) in [6.07, 6.45) is 3.93. The second-order valence-electron chi connectivity index (χ2n) is 5.94. The highest BCUT2D eigenvalue weighted by Crippen LogP contribution is 2.25. The molecule has 0 bridgehead atoms. The molecule has 1 atom stereocenters. The molecule has 1 saturated carbocycles. The Bertz CT molecular complexity index is 317. The van der Waals surface area contributed by atoms with Crippen LogP contribution in [0.2, 0.25) is 0 Å². The van der Waals surface area contributed by atoms with E-state index in [0.29, 0.717) is 5.92 Å². The van der Waals surface area contributed by atoms with Crippen LogP contribution in [0.25, 0.3) is 0 Å². The zero-order valence-electron chi connectivity index (χ0n) is 13.7. The highest BCUT2D eigenvalue weighted by molar-refractivity contribution is 14.0. The summed E-state index contributed by atoms with van der Waals surface area (Å²) in [6.45, 7) is 8.33. The molecule has 1 unspecified atom stereocenters. The van der Waals surface area contributed by atoms with Gasteiger partial charge in [-0.1, -0.05) is 6.92 Å². The Hall–Kier alpha value is -0.0800. The van der Waals surface area contributed by atoms with Gasteiger partial charge in [0.2, 0.25) is 0 Å². The molecule has 21 heavy (non-hydrogen) atoms. The minimum absolute atomic E-state index is 0. The van der Waals surface area contributed by atoms with E-state index in [0.717, 1.165) is 51.4 Å². The molecule has 0 aromatic carbocycles. The van der Waals surface area contributed by atoms with Crippen molar-refractivity contribution in [3.63, 3.8) is 0 Å². The molecular weight excluding hydrogens is 379 g/mol. The van der Waals surface area contributed by atoms with E-state index in [1.807, 2.05) is 7.05 Å². The van der Waals surface area contributed by atoms with Crippen molar-refractivity contribution in [3.8, 4) is 0 Å². The Morgan fingerprint density at radius 1 is 1.33 bits per heavy atom. The van der Waals surface area contributed by atoms with Crippen molar-refractivity contribution in [2.75, 3.05) is 53.5 Å². The Kier molecular flexibility index (Phi) is 8.89. The molecule has 0 radical (unpaired) electrons. The average Bonchev–Trinajstić information content (AvgIpc) is 3.17. The van der Waals surface area contributed by atoms with Gasteiger partial charge in [-0.05, 0) is 25.8 Å². The van der Waals surface area contributed by atoms with Gasteiger partial charge < -0.3 is 15.0 Å². The predicted molar refractivity (Wildman–Crippen MR) is 98.6 cm³/mol. The lowest BCUT2D eigenvalue weighted by Gasteiger charge is -2.26. The lowest BCUT2D eigenvalue weighted by molar-refractivity contribution is 0.181. The van der Waals surface area contributed by atoms with Gasteiger partial charge in [0.05, 0.1) is 6.61 Å². The molecule has 2 rings (SSSR count). The van der Waals surface area contributed by atoms with Gasteiger partial charge in [-0.3, -0.25) is 9.89 Å². The first-order valence-corrected chi connectivity index (χ1v) is 7.98. The van der Waals surface area contributed by atoms with Gasteiger partial charge in [-0.15, -0.1) is 24.0 Å². The Morgan fingerprint density at radius 2 is 2.10 bits per heavy atom. The van der Waals surface area contributed by atoms with E-state index in [9.17, 15) is 0 Å². The number of guanidine groups is 1. The molecule has 0 amide bonds. The van der Waals surface area contributed by atoms with Crippen molar-refractivity contribution in [3.05, 3.63) is 0 Å². The lowest BCUT2D eigenvalue weighted by Crippen LogP contribution is -2.44. The third-order valence-electron chi connectivity index (χ3n) is 4.28. The molecule has 2 aliphatic rings. The topological polar surface area (TPSA) is 40.1 Å². The Labute approximate surface area is 146 Å². The number of halogens is 1. The molecule has 1 aliphatic heterocycles. The third kappa shape index (κ3) is 6.28. The van der Waals surface area contributed by atoms with Crippen LogP contribution in [0.3, 0.4) is 0 Å². The van der Waals surface area contributed by atoms with Crippen molar-refractivity contribution in [2.45, 2.75) is 32.2 Å². The number of rotatable bonds is 7. The summed E-state index contributed by atoms with van der Waals surface area (Å²) in [5.41, 5.74) is 0. The summed E-state index contributed by atoms with van der Waals surface area (Å²) in [7, 11) is 3.98. The zero-order chi connectivity index (χ0) is 14.4. The molecule has 0 spiro atoms. The van der Waals surface area contributed by atoms with Gasteiger partial charge in [0.15, 0.2) is 5.96 Å². The summed E-state index contributed by atoms with van der Waals surface area (Å²) in [4.78, 5) is 9.17. The van der Waals surface area contributed by atoms with Crippen molar-refractivity contribution in [1.29, 1.82) is 0 Å². The van der Waals surface area contributed by atoms with Crippen LogP contribution in [0.5, 0.6) is 0 Å². The monoisotopic (exact) mass is 410 g/mol. The number of ether oxygens (including phenoxy) is 1. The molecular formula is C15H31IN4O.